The summed E-state index contributed by atoms with van der Waals surface area (Å²) in [5.74, 6) is 0. The zero-order valence-electron chi connectivity index (χ0n) is 26.5. The second-order valence-electron chi connectivity index (χ2n) is 13.6. The molecule has 0 spiro atoms. The van der Waals surface area contributed by atoms with Crippen LogP contribution in [0.3, 0.4) is 0 Å². The molecule has 0 radical (unpaired) electrons. The zero-order valence-corrected chi connectivity index (χ0v) is 27.3. The van der Waals surface area contributed by atoms with Crippen molar-refractivity contribution >= 4 is 45.9 Å². The van der Waals surface area contributed by atoms with Crippen molar-refractivity contribution in [3.8, 4) is 0 Å². The topological polar surface area (TPSA) is 27.3 Å². The normalized spacial score (nSPS) is 13.0. The van der Waals surface area contributed by atoms with Crippen molar-refractivity contribution in [3.05, 3.63) is 96.1 Å². The van der Waals surface area contributed by atoms with Crippen LogP contribution in [0.15, 0.2) is 94.7 Å². The molecular weight excluding hydrogens is 531 g/mol. The number of rotatable bonds is 9. The molecule has 0 atom stereocenters. The van der Waals surface area contributed by atoms with Gasteiger partial charge in [0.25, 0.3) is 0 Å². The van der Waals surface area contributed by atoms with Gasteiger partial charge in [-0.25, -0.2) is 0 Å². The summed E-state index contributed by atoms with van der Waals surface area (Å²) in [5.41, 5.74) is 10.1. The molecule has 4 aromatic carbocycles. The first kappa shape index (κ1) is 30.1. The second kappa shape index (κ2) is 12.5. The molecule has 1 heterocycles. The molecule has 0 aliphatic carbocycles. The third-order valence-corrected chi connectivity index (χ3v) is 9.13. The van der Waals surface area contributed by atoms with E-state index in [9.17, 15) is 0 Å². The fourth-order valence-electron chi connectivity index (χ4n) is 5.42. The molecule has 0 fully saturated rings. The maximum atomic E-state index is 3.65. The molecule has 0 aromatic heterocycles. The van der Waals surface area contributed by atoms with E-state index in [1.54, 1.807) is 0 Å². The molecule has 0 bridgehead atoms. The van der Waals surface area contributed by atoms with Gasteiger partial charge in [-0.05, 0) is 89.0 Å². The largest absolute Gasteiger partial charge is 0.355 e. The van der Waals surface area contributed by atoms with Crippen molar-refractivity contribution in [1.29, 1.82) is 0 Å². The third kappa shape index (κ3) is 7.15. The summed E-state index contributed by atoms with van der Waals surface area (Å²) in [6.45, 7) is 16.8. The van der Waals surface area contributed by atoms with E-state index in [-0.39, 0.29) is 10.8 Å². The summed E-state index contributed by atoms with van der Waals surface area (Å²) < 4.78 is 0. The smallest absolute Gasteiger partial charge is 0.0554 e. The predicted molar refractivity (Wildman–Crippen MR) is 185 cm³/mol. The van der Waals surface area contributed by atoms with Crippen LogP contribution >= 0.6 is 11.8 Å². The Kier molecular flexibility index (Phi) is 8.94. The number of fused-ring (bicyclic) bond motifs is 2. The van der Waals surface area contributed by atoms with Crippen LogP contribution in [-0.4, -0.2) is 6.54 Å². The van der Waals surface area contributed by atoms with Crippen LogP contribution in [0.2, 0.25) is 0 Å². The Bertz CT molecular complexity index is 1380. The molecular formula is C38H47N3S. The Morgan fingerprint density at radius 1 is 0.548 bits per heavy atom. The van der Waals surface area contributed by atoms with E-state index in [4.69, 9.17) is 0 Å². The highest BCUT2D eigenvalue weighted by molar-refractivity contribution is 7.99. The summed E-state index contributed by atoms with van der Waals surface area (Å²) >= 11 is 1.87. The van der Waals surface area contributed by atoms with E-state index < -0.39 is 0 Å². The fraction of sp³-hybridized carbons (Fsp3) is 0.368. The van der Waals surface area contributed by atoms with Crippen LogP contribution in [0.5, 0.6) is 0 Å². The minimum absolute atomic E-state index is 0.151. The summed E-state index contributed by atoms with van der Waals surface area (Å²) in [7, 11) is 0. The first-order valence-corrected chi connectivity index (χ1v) is 16.3. The van der Waals surface area contributed by atoms with Crippen LogP contribution in [0, 0.1) is 0 Å². The number of nitrogens with one attached hydrogen (secondary N) is 2. The molecule has 0 saturated heterocycles. The van der Waals surface area contributed by atoms with Gasteiger partial charge in [-0.3, -0.25) is 0 Å². The molecule has 0 unspecified atom stereocenters. The first-order valence-electron chi connectivity index (χ1n) is 15.5. The molecule has 4 aromatic rings. The Labute approximate surface area is 258 Å². The molecule has 1 aliphatic rings. The van der Waals surface area contributed by atoms with E-state index in [1.807, 2.05) is 11.8 Å². The summed E-state index contributed by atoms with van der Waals surface area (Å²) in [6, 6.07) is 31.3. The van der Waals surface area contributed by atoms with Crippen LogP contribution < -0.4 is 15.5 Å². The van der Waals surface area contributed by atoms with Gasteiger partial charge >= 0.3 is 0 Å². The standard InChI is InChI=1S/C38H47N3S/c1-8-9-10-11-24-41-33-22-20-31(39-29-16-12-27(13-17-29)37(2,3)4)25-35(33)42-36-26-32(21-23-34(36)41)40-30-18-14-28(15-19-30)38(5,6)7/h12-23,25-26,39-40H,8-11,24H2,1-7H3. The van der Waals surface area contributed by atoms with Gasteiger partial charge in [0.05, 0.1) is 11.4 Å². The maximum absolute atomic E-state index is 3.65. The SMILES string of the molecule is CCCCCCN1c2ccc(Nc3ccc(C(C)(C)C)cc3)cc2Sc2cc(Nc3ccc(C(C)(C)C)cc3)ccc21. The Morgan fingerprint density at radius 3 is 1.38 bits per heavy atom. The van der Waals surface area contributed by atoms with E-state index in [1.165, 1.54) is 58.0 Å². The van der Waals surface area contributed by atoms with E-state index >= 15 is 0 Å². The van der Waals surface area contributed by atoms with E-state index in [2.05, 4.69) is 149 Å². The van der Waals surface area contributed by atoms with Gasteiger partial charge in [0, 0.05) is 39.1 Å². The number of benzene rings is 4. The predicted octanol–water partition coefficient (Wildman–Crippen LogP) is 12.0. The highest BCUT2D eigenvalue weighted by Gasteiger charge is 2.24. The van der Waals surface area contributed by atoms with Crippen LogP contribution in [-0.2, 0) is 10.8 Å². The molecule has 220 valence electrons. The minimum Gasteiger partial charge on any atom is -0.355 e. The average molecular weight is 578 g/mol. The summed E-state index contributed by atoms with van der Waals surface area (Å²) in [6.07, 6.45) is 4.99. The number of anilines is 6. The summed E-state index contributed by atoms with van der Waals surface area (Å²) in [5, 5.41) is 7.29. The lowest BCUT2D eigenvalue weighted by atomic mass is 9.87. The molecule has 5 rings (SSSR count). The quantitative estimate of drug-likeness (QED) is 0.193. The van der Waals surface area contributed by atoms with Crippen molar-refractivity contribution in [2.24, 2.45) is 0 Å². The van der Waals surface area contributed by atoms with Crippen LogP contribution in [0.25, 0.3) is 0 Å². The lowest BCUT2D eigenvalue weighted by molar-refractivity contribution is 0.590. The monoisotopic (exact) mass is 577 g/mol. The Hall–Kier alpha value is -3.37. The van der Waals surface area contributed by atoms with Gasteiger partial charge in [0.1, 0.15) is 0 Å². The molecule has 42 heavy (non-hydrogen) atoms. The highest BCUT2D eigenvalue weighted by Crippen LogP contribution is 2.50. The van der Waals surface area contributed by atoms with E-state index in [0.717, 1.165) is 29.3 Å². The average Bonchev–Trinajstić information content (AvgIpc) is 2.94. The molecule has 4 heteroatoms. The summed E-state index contributed by atoms with van der Waals surface area (Å²) in [4.78, 5) is 5.11. The van der Waals surface area contributed by atoms with Crippen LogP contribution in [0.1, 0.15) is 85.3 Å². The van der Waals surface area contributed by atoms with Crippen molar-refractivity contribution in [2.45, 2.75) is 94.8 Å². The zero-order chi connectivity index (χ0) is 29.9. The second-order valence-corrected chi connectivity index (χ2v) is 14.7. The number of hydrogen-bond acceptors (Lipinski definition) is 4. The van der Waals surface area contributed by atoms with Gasteiger partial charge < -0.3 is 15.5 Å². The third-order valence-electron chi connectivity index (χ3n) is 8.04. The van der Waals surface area contributed by atoms with Crippen LogP contribution in [0.4, 0.5) is 34.1 Å². The molecule has 0 saturated carbocycles. The van der Waals surface area contributed by atoms with Crippen molar-refractivity contribution in [2.75, 3.05) is 22.1 Å². The molecule has 1 aliphatic heterocycles. The number of hydrogen-bond donors (Lipinski definition) is 2. The minimum atomic E-state index is 0.151. The van der Waals surface area contributed by atoms with Gasteiger partial charge in [-0.15, -0.1) is 0 Å². The van der Waals surface area contributed by atoms with Crippen molar-refractivity contribution in [1.82, 2.24) is 0 Å². The van der Waals surface area contributed by atoms with Crippen molar-refractivity contribution < 1.29 is 0 Å². The number of unbranched alkanes of at least 4 members (excludes halogenated alkanes) is 3. The first-order chi connectivity index (χ1) is 20.0. The lowest BCUT2D eigenvalue weighted by Crippen LogP contribution is -2.22. The molecule has 2 N–H and O–H groups in total. The molecule has 3 nitrogen and oxygen atoms in total. The van der Waals surface area contributed by atoms with E-state index in [0.29, 0.717) is 0 Å². The van der Waals surface area contributed by atoms with Gasteiger partial charge in [0.2, 0.25) is 0 Å². The van der Waals surface area contributed by atoms with Gasteiger partial charge in [-0.1, -0.05) is 104 Å². The Morgan fingerprint density at radius 2 is 0.976 bits per heavy atom. The highest BCUT2D eigenvalue weighted by atomic mass is 32.2. The van der Waals surface area contributed by atoms with Gasteiger partial charge in [-0.2, -0.15) is 0 Å². The maximum Gasteiger partial charge on any atom is 0.0554 e. The Balaban J connectivity index is 1.39. The lowest BCUT2D eigenvalue weighted by Gasteiger charge is -2.33. The molecule has 0 amide bonds. The fourth-order valence-corrected chi connectivity index (χ4v) is 6.59. The number of nitrogens with zero attached hydrogens (tertiary/aromatic N) is 1. The van der Waals surface area contributed by atoms with Gasteiger partial charge in [0.15, 0.2) is 0 Å². The van der Waals surface area contributed by atoms with Crippen molar-refractivity contribution in [3.63, 3.8) is 0 Å².